The van der Waals surface area contributed by atoms with Crippen molar-refractivity contribution < 1.29 is 70.7 Å². The van der Waals surface area contributed by atoms with Crippen LogP contribution in [-0.2, 0) is 76.6 Å². The Labute approximate surface area is 640 Å². The van der Waals surface area contributed by atoms with Crippen LogP contribution in [0.3, 0.4) is 0 Å². The standard InChI is InChI=1S/C79H117ClF3N13O12/c1-13-51(5)67-75(106)89(7)48-66(99)96-38-33-59(96)73(104)92(10)62(42-52-25-17-14-18-26-52)72(103)88(6)47-64(97)85-58(32-30-53-29-31-56(57(80)41-53)79(81,82)83)71(102)91(9)61(43-54-40-50(4)45-84-46-54)70(101)87-78(34-21-22-35-78)77(108)94(12)68(55-27-19-15-20-28-55)76(107)93(11)63(74(105)95-36-23-16-24-37-95)44-65(98)90(8)60(39-49(2)3)69(100)86-67/h29,31,40-41,45-46,49,51-52,55,58-63,67-68H,13-28,30,32-39,42-44,47-48H2,1-12H3,(H,85,97)(H,86,100)(H,87,101)/t51-,58-,59?,60-,61-,62-,63-,67-,68-/m0/s1. The SMILES string of the molecule is CC[C@H](C)[C@@H]1NC(=O)[C@H](CC(C)C)N(C)C(=O)C[C@@H](C(=O)N2CCCCC2)N(C)C(=O)[C@H](C2CCCCC2)N(C)C(=O)C2(CCCC2)NC(=O)[C@H](Cc2cncc(C)c2)N(C)C(=O)[C@H](CCc2ccc(C(F)(F)F)c(Cl)c2)NC(=O)CN(C)C(=O)[C@H](CC2CCCCC2)N(C)C(=O)C2CCN2C(=O)CN(C)C1=O. The zero-order valence-corrected chi connectivity index (χ0v) is 66.2. The Morgan fingerprint density at radius 1 is 0.630 bits per heavy atom. The fraction of sp³-hybridized carbons (Fsp3) is 0.709. The fourth-order valence-electron chi connectivity index (χ4n) is 16.8. The predicted octanol–water partition coefficient (Wildman–Crippen LogP) is 7.35. The average Bonchev–Trinajstić information content (AvgIpc) is 1.61. The average molecular weight is 1530 g/mol. The maximum Gasteiger partial charge on any atom is 0.417 e. The van der Waals surface area contributed by atoms with Crippen LogP contribution in [0, 0.1) is 30.6 Å². The quantitative estimate of drug-likeness (QED) is 0.177. The van der Waals surface area contributed by atoms with Gasteiger partial charge in [0.1, 0.15) is 53.9 Å². The van der Waals surface area contributed by atoms with Crippen LogP contribution in [0.5, 0.6) is 0 Å². The van der Waals surface area contributed by atoms with E-state index in [0.29, 0.717) is 63.6 Å². The molecule has 0 bridgehead atoms. The van der Waals surface area contributed by atoms with E-state index in [2.05, 4.69) is 20.9 Å². The zero-order valence-electron chi connectivity index (χ0n) is 65.5. The van der Waals surface area contributed by atoms with E-state index in [1.807, 2.05) is 20.8 Å². The van der Waals surface area contributed by atoms with Gasteiger partial charge in [0.2, 0.25) is 70.9 Å². The molecule has 3 aliphatic carbocycles. The first-order valence-electron chi connectivity index (χ1n) is 39.2. The molecule has 6 aliphatic rings. The molecule has 25 nitrogen and oxygen atoms in total. The number of amides is 12. The largest absolute Gasteiger partial charge is 0.417 e. The fourth-order valence-corrected chi connectivity index (χ4v) is 17.1. The van der Waals surface area contributed by atoms with E-state index in [1.165, 1.54) is 91.0 Å². The van der Waals surface area contributed by atoms with Crippen molar-refractivity contribution in [1.82, 2.24) is 65.0 Å². The maximum absolute atomic E-state index is 16.1. The number of aryl methyl sites for hydroxylation is 2. The van der Waals surface area contributed by atoms with Gasteiger partial charge in [0.25, 0.3) is 0 Å². The lowest BCUT2D eigenvalue weighted by Gasteiger charge is -2.44. The molecule has 12 amide bonds. The highest BCUT2D eigenvalue weighted by Crippen LogP contribution is 2.39. The van der Waals surface area contributed by atoms with E-state index >= 15 is 38.4 Å². The molecule has 4 heterocycles. The molecule has 1 unspecified atom stereocenters. The zero-order chi connectivity index (χ0) is 79.2. The molecule has 6 fully saturated rings. The van der Waals surface area contributed by atoms with Crippen molar-refractivity contribution in [1.29, 1.82) is 0 Å². The first-order valence-corrected chi connectivity index (χ1v) is 39.5. The van der Waals surface area contributed by atoms with Gasteiger partial charge < -0.3 is 60.0 Å². The number of nitrogens with one attached hydrogen (secondary N) is 3. The Balaban J connectivity index is 1.22. The molecule has 1 aromatic heterocycles. The normalized spacial score (nSPS) is 26.4. The Kier molecular flexibility index (Phi) is 30.3. The molecule has 3 saturated carbocycles. The highest BCUT2D eigenvalue weighted by Gasteiger charge is 2.52. The number of aromatic nitrogens is 1. The summed E-state index contributed by atoms with van der Waals surface area (Å²) >= 11 is 6.23. The van der Waals surface area contributed by atoms with Crippen LogP contribution in [0.2, 0.25) is 5.02 Å². The lowest BCUT2D eigenvalue weighted by molar-refractivity contribution is -0.158. The number of likely N-dealkylation sites (tertiary alicyclic amines) is 1. The monoisotopic (exact) mass is 1530 g/mol. The number of pyridine rings is 1. The number of rotatable bonds is 13. The van der Waals surface area contributed by atoms with Crippen molar-refractivity contribution in [3.8, 4) is 0 Å². The smallest absolute Gasteiger partial charge is 0.343 e. The molecule has 8 rings (SSSR count). The number of fused-ring (bicyclic) bond motifs is 1. The van der Waals surface area contributed by atoms with Gasteiger partial charge in [0, 0.05) is 87.8 Å². The highest BCUT2D eigenvalue weighted by atomic mass is 35.5. The number of carbonyl (C=O) groups excluding carboxylic acids is 12. The lowest BCUT2D eigenvalue weighted by atomic mass is 9.81. The van der Waals surface area contributed by atoms with Crippen LogP contribution in [0.4, 0.5) is 13.2 Å². The number of piperidine rings is 1. The topological polar surface area (TPSA) is 283 Å². The second-order valence-corrected chi connectivity index (χ2v) is 32.5. The summed E-state index contributed by atoms with van der Waals surface area (Å²) in [6.45, 7) is 8.90. The number of likely N-dealkylation sites (N-methyl/N-ethyl adjacent to an activating group) is 7. The number of nitrogens with zero attached hydrogens (tertiary/aromatic N) is 10. The summed E-state index contributed by atoms with van der Waals surface area (Å²) in [5, 5.41) is 8.25. The van der Waals surface area contributed by atoms with Gasteiger partial charge in [-0.3, -0.25) is 62.5 Å². The second-order valence-electron chi connectivity index (χ2n) is 32.1. The summed E-state index contributed by atoms with van der Waals surface area (Å²) in [7, 11) is 10.1. The molecule has 1 spiro atoms. The van der Waals surface area contributed by atoms with E-state index < -0.39 is 173 Å². The van der Waals surface area contributed by atoms with E-state index in [-0.39, 0.29) is 75.3 Å². The molecule has 598 valence electrons. The van der Waals surface area contributed by atoms with Crippen molar-refractivity contribution >= 4 is 82.5 Å². The minimum absolute atomic E-state index is 0.00636. The van der Waals surface area contributed by atoms with Gasteiger partial charge in [-0.15, -0.1) is 0 Å². The number of halogens is 4. The van der Waals surface area contributed by atoms with Crippen molar-refractivity contribution in [2.24, 2.45) is 23.7 Å². The molecule has 2 aromatic rings. The van der Waals surface area contributed by atoms with Crippen molar-refractivity contribution in [3.63, 3.8) is 0 Å². The summed E-state index contributed by atoms with van der Waals surface area (Å²) in [4.78, 5) is 199. The minimum atomic E-state index is -4.78. The molecular formula is C79H117ClF3N13O12. The van der Waals surface area contributed by atoms with Crippen LogP contribution in [-0.4, -0.2) is 256 Å². The Morgan fingerprint density at radius 2 is 1.25 bits per heavy atom. The van der Waals surface area contributed by atoms with Gasteiger partial charge >= 0.3 is 6.18 Å². The second kappa shape index (κ2) is 38.1. The molecule has 9 atom stereocenters. The molecule has 3 aliphatic heterocycles. The Bertz CT molecular complexity index is 3560. The number of alkyl halides is 3. The first kappa shape index (κ1) is 85.7. The third-order valence-corrected chi connectivity index (χ3v) is 24.1. The number of hydrogen-bond donors (Lipinski definition) is 3. The molecule has 0 radical (unpaired) electrons. The summed E-state index contributed by atoms with van der Waals surface area (Å²) in [6.07, 6.45) is 9.28. The van der Waals surface area contributed by atoms with Gasteiger partial charge in [-0.1, -0.05) is 122 Å². The third-order valence-electron chi connectivity index (χ3n) is 23.8. The van der Waals surface area contributed by atoms with E-state index in [4.69, 9.17) is 11.6 Å². The first-order chi connectivity index (χ1) is 51.1. The van der Waals surface area contributed by atoms with Crippen LogP contribution in [0.1, 0.15) is 198 Å². The van der Waals surface area contributed by atoms with Crippen molar-refractivity contribution in [2.45, 2.75) is 255 Å². The molecule has 1 aromatic carbocycles. The molecular weight excluding hydrogens is 1420 g/mol. The van der Waals surface area contributed by atoms with E-state index in [0.717, 1.165) is 85.3 Å². The molecule has 3 N–H and O–H groups in total. The van der Waals surface area contributed by atoms with Crippen LogP contribution in [0.15, 0.2) is 36.7 Å². The number of hydrogen-bond acceptors (Lipinski definition) is 13. The predicted molar refractivity (Wildman–Crippen MR) is 401 cm³/mol. The van der Waals surface area contributed by atoms with Gasteiger partial charge in [0.15, 0.2) is 0 Å². The third kappa shape index (κ3) is 21.1. The van der Waals surface area contributed by atoms with Crippen LogP contribution in [0.25, 0.3) is 0 Å². The summed E-state index contributed by atoms with van der Waals surface area (Å²) in [5.41, 5.74) is -1.25. The van der Waals surface area contributed by atoms with E-state index in [9.17, 15) is 32.3 Å². The van der Waals surface area contributed by atoms with Crippen molar-refractivity contribution in [3.05, 3.63) is 63.9 Å². The number of benzene rings is 1. The van der Waals surface area contributed by atoms with Crippen LogP contribution >= 0.6 is 11.6 Å². The Morgan fingerprint density at radius 3 is 1.84 bits per heavy atom. The van der Waals surface area contributed by atoms with Gasteiger partial charge in [-0.25, -0.2) is 0 Å². The summed E-state index contributed by atoms with van der Waals surface area (Å²) in [6, 6.07) is -5.27. The van der Waals surface area contributed by atoms with Crippen molar-refractivity contribution in [2.75, 3.05) is 82.1 Å². The summed E-state index contributed by atoms with van der Waals surface area (Å²) < 4.78 is 42.1. The highest BCUT2D eigenvalue weighted by molar-refractivity contribution is 6.31. The lowest BCUT2D eigenvalue weighted by Crippen LogP contribution is -2.66. The van der Waals surface area contributed by atoms with Crippen LogP contribution < -0.4 is 16.0 Å². The van der Waals surface area contributed by atoms with Gasteiger partial charge in [0.05, 0.1) is 30.1 Å². The van der Waals surface area contributed by atoms with Gasteiger partial charge in [-0.2, -0.15) is 13.2 Å². The minimum Gasteiger partial charge on any atom is -0.343 e. The molecule has 3 saturated heterocycles. The molecule has 108 heavy (non-hydrogen) atoms. The number of carbonyl (C=O) groups is 12. The molecule has 29 heteroatoms. The van der Waals surface area contributed by atoms with E-state index in [1.54, 1.807) is 31.0 Å². The maximum atomic E-state index is 16.1. The Hall–Kier alpha value is -7.91. The summed E-state index contributed by atoms with van der Waals surface area (Å²) in [5.74, 6) is -8.93. The van der Waals surface area contributed by atoms with Gasteiger partial charge in [-0.05, 0) is 136 Å².